The van der Waals surface area contributed by atoms with Crippen molar-refractivity contribution in [3.63, 3.8) is 0 Å². The second-order valence-corrected chi connectivity index (χ2v) is 0. The van der Waals surface area contributed by atoms with E-state index in [2.05, 4.69) is 0 Å². The van der Waals surface area contributed by atoms with E-state index in [0.717, 1.165) is 0 Å². The quantitative estimate of drug-likeness (QED) is 0.394. The molecular weight excluding hydrogens is 303 g/mol. The second-order valence-electron chi connectivity index (χ2n) is 0. The van der Waals surface area contributed by atoms with E-state index in [1.807, 2.05) is 0 Å². The molecule has 0 aliphatic heterocycles. The number of rotatable bonds is 0. The van der Waals surface area contributed by atoms with Crippen LogP contribution in [0.15, 0.2) is 0 Å². The van der Waals surface area contributed by atoms with Crippen LogP contribution < -0.4 is 0 Å². The zero-order valence-corrected chi connectivity index (χ0v) is 2.00. The van der Waals surface area contributed by atoms with Crippen LogP contribution in [0.25, 0.3) is 0 Å². The molecule has 44 valence electrons. The Balaban J connectivity index is 0. The van der Waals surface area contributed by atoms with Gasteiger partial charge in [-0.1, -0.05) is 0 Å². The molecule has 0 aromatic rings. The van der Waals surface area contributed by atoms with Gasteiger partial charge in [-0.25, -0.2) is 0 Å². The summed E-state index contributed by atoms with van der Waals surface area (Å²) in [6.07, 6.45) is 0. The maximum atomic E-state index is 0. The van der Waals surface area contributed by atoms with Gasteiger partial charge < -0.3 is 21.9 Å². The molecule has 8 heteroatoms. The van der Waals surface area contributed by atoms with Crippen molar-refractivity contribution in [1.82, 2.24) is 0 Å². The summed E-state index contributed by atoms with van der Waals surface area (Å²) in [5, 5.41) is 0. The van der Waals surface area contributed by atoms with Crippen LogP contribution in [0.3, 0.4) is 0 Å². The molecule has 0 saturated heterocycles. The van der Waals surface area contributed by atoms with Crippen LogP contribution in [0.1, 0.15) is 0 Å². The minimum atomic E-state index is 0. The SMILES string of the molecule is O.O.O.O.[BaH2].[CaH2].[KH].[NaH]. The molecule has 0 atom stereocenters. The van der Waals surface area contributed by atoms with Crippen LogP contribution in [0.2, 0.25) is 0 Å². The summed E-state index contributed by atoms with van der Waals surface area (Å²) < 4.78 is 0. The van der Waals surface area contributed by atoms with Gasteiger partial charge >= 0.3 is 168 Å². The molecule has 0 heterocycles. The molecule has 4 nitrogen and oxygen atoms in total. The van der Waals surface area contributed by atoms with Gasteiger partial charge in [0, 0.05) is 0 Å². The van der Waals surface area contributed by atoms with Crippen LogP contribution >= 0.6 is 0 Å². The van der Waals surface area contributed by atoms with E-state index in [4.69, 9.17) is 0 Å². The van der Waals surface area contributed by atoms with Gasteiger partial charge in [-0.2, -0.15) is 0 Å². The van der Waals surface area contributed by atoms with Crippen molar-refractivity contribution in [2.24, 2.45) is 0 Å². The van der Waals surface area contributed by atoms with Gasteiger partial charge in [0.25, 0.3) is 0 Å². The van der Waals surface area contributed by atoms with Gasteiger partial charge in [-0.3, -0.25) is 0 Å². The normalized spacial score (nSPS) is 0. The second kappa shape index (κ2) is 55.9. The van der Waals surface area contributed by atoms with Gasteiger partial charge in [0.2, 0.25) is 0 Å². The van der Waals surface area contributed by atoms with Gasteiger partial charge in [0.15, 0.2) is 0 Å². The molecule has 0 radical (unpaired) electrons. The Morgan fingerprint density at radius 1 is 0.625 bits per heavy atom. The van der Waals surface area contributed by atoms with E-state index >= 15 is 0 Å². The Kier molecular flexibility index (Phi) is 500. The first-order valence-corrected chi connectivity index (χ1v) is 0. The van der Waals surface area contributed by atoms with Crippen LogP contribution in [-0.4, -0.2) is 189 Å². The van der Waals surface area contributed by atoms with E-state index in [0.29, 0.717) is 0 Å². The zero-order chi connectivity index (χ0) is 0. The van der Waals surface area contributed by atoms with Crippen LogP contribution in [0, 0.1) is 0 Å². The van der Waals surface area contributed by atoms with E-state index in [9.17, 15) is 0 Å². The molecule has 0 saturated carbocycles. The van der Waals surface area contributed by atoms with Gasteiger partial charge in [0.05, 0.1) is 0 Å². The molecule has 0 rings (SSSR count). The average molecular weight is 318 g/mol. The van der Waals surface area contributed by atoms with Crippen molar-refractivity contribution >= 4 is 168 Å². The summed E-state index contributed by atoms with van der Waals surface area (Å²) in [5.74, 6) is 0. The van der Waals surface area contributed by atoms with Gasteiger partial charge in [-0.15, -0.1) is 0 Å². The molecule has 0 aliphatic carbocycles. The summed E-state index contributed by atoms with van der Waals surface area (Å²) in [6, 6.07) is 0. The Morgan fingerprint density at radius 2 is 0.625 bits per heavy atom. The zero-order valence-electron chi connectivity index (χ0n) is 2.00. The molecule has 0 aliphatic rings. The van der Waals surface area contributed by atoms with Crippen molar-refractivity contribution < 1.29 is 21.9 Å². The van der Waals surface area contributed by atoms with Crippen molar-refractivity contribution in [2.75, 3.05) is 0 Å². The molecular formula is H14BaCaKNaO4. The minimum absolute atomic E-state index is 0. The van der Waals surface area contributed by atoms with Crippen LogP contribution in [0.4, 0.5) is 0 Å². The fraction of sp³-hybridized carbons (Fsp3) is 0. The van der Waals surface area contributed by atoms with Crippen LogP contribution in [-0.2, 0) is 0 Å². The molecule has 0 fully saturated rings. The van der Waals surface area contributed by atoms with E-state index in [1.165, 1.54) is 0 Å². The monoisotopic (exact) mass is 318 g/mol. The molecule has 0 bridgehead atoms. The van der Waals surface area contributed by atoms with E-state index < -0.39 is 0 Å². The first-order chi connectivity index (χ1) is 0. The predicted molar refractivity (Wildman–Crippen MR) is 45.8 cm³/mol. The van der Waals surface area contributed by atoms with Gasteiger partial charge in [-0.05, 0) is 0 Å². The third-order valence-corrected chi connectivity index (χ3v) is 0. The van der Waals surface area contributed by atoms with E-state index in [-0.39, 0.29) is 189 Å². The molecule has 0 unspecified atom stereocenters. The van der Waals surface area contributed by atoms with Crippen molar-refractivity contribution in [3.05, 3.63) is 0 Å². The van der Waals surface area contributed by atoms with Crippen molar-refractivity contribution in [3.8, 4) is 0 Å². The third-order valence-electron chi connectivity index (χ3n) is 0. The first-order valence-electron chi connectivity index (χ1n) is 0. The topological polar surface area (TPSA) is 126 Å². The molecule has 8 N–H and O–H groups in total. The summed E-state index contributed by atoms with van der Waals surface area (Å²) in [4.78, 5) is 0. The summed E-state index contributed by atoms with van der Waals surface area (Å²) in [6.45, 7) is 0. The Bertz CT molecular complexity index is 16.0. The Morgan fingerprint density at radius 3 is 0.625 bits per heavy atom. The molecule has 0 aromatic carbocycles. The van der Waals surface area contributed by atoms with E-state index in [1.54, 1.807) is 0 Å². The Labute approximate surface area is 183 Å². The molecule has 0 spiro atoms. The number of hydrogen-bond donors (Lipinski definition) is 0. The first kappa shape index (κ1) is 71.6. The standard InChI is InChI=1S/Ba.Ca.K.Na.4H2O.6H/h;;;;4*1H2;;;;;;. The maximum absolute atomic E-state index is 0. The summed E-state index contributed by atoms with van der Waals surface area (Å²) in [7, 11) is 0. The summed E-state index contributed by atoms with van der Waals surface area (Å²) >= 11 is 0. The van der Waals surface area contributed by atoms with Crippen molar-refractivity contribution in [2.45, 2.75) is 0 Å². The van der Waals surface area contributed by atoms with Gasteiger partial charge in [0.1, 0.15) is 0 Å². The average Bonchev–Trinajstić information content (AvgIpc) is 0. The molecule has 0 aromatic heterocycles. The van der Waals surface area contributed by atoms with Crippen molar-refractivity contribution in [1.29, 1.82) is 0 Å². The fourth-order valence-electron chi connectivity index (χ4n) is 0. The number of hydrogen-bond acceptors (Lipinski definition) is 0. The molecule has 0 amide bonds. The third kappa shape index (κ3) is 42.6. The molecule has 8 heavy (non-hydrogen) atoms. The fourth-order valence-corrected chi connectivity index (χ4v) is 0. The summed E-state index contributed by atoms with van der Waals surface area (Å²) in [5.41, 5.74) is 0. The predicted octanol–water partition coefficient (Wildman–Crippen LogP) is -6.43. The van der Waals surface area contributed by atoms with Crippen LogP contribution in [0.5, 0.6) is 0 Å². The Hall–Kier alpha value is 5.31.